The summed E-state index contributed by atoms with van der Waals surface area (Å²) < 4.78 is 1.06. The average Bonchev–Trinajstić information content (AvgIpc) is 2.58. The fourth-order valence-electron chi connectivity index (χ4n) is 1.27. The van der Waals surface area contributed by atoms with Crippen LogP contribution in [0.15, 0.2) is 11.4 Å². The van der Waals surface area contributed by atoms with Crippen molar-refractivity contribution >= 4 is 43.6 Å². The van der Waals surface area contributed by atoms with Gasteiger partial charge in [-0.2, -0.15) is 0 Å². The lowest BCUT2D eigenvalue weighted by Crippen LogP contribution is -1.88. The molecule has 0 aromatic carbocycles. The maximum atomic E-state index is 11.2. The summed E-state index contributed by atoms with van der Waals surface area (Å²) in [6, 6.07) is 1.82. The molecule has 0 atom stereocenters. The van der Waals surface area contributed by atoms with Gasteiger partial charge in [-0.15, -0.1) is 22.7 Å². The Labute approximate surface area is 89.2 Å². The summed E-state index contributed by atoms with van der Waals surface area (Å²) >= 11 is 2.99. The van der Waals surface area contributed by atoms with Crippen LogP contribution < -0.4 is 0 Å². The van der Waals surface area contributed by atoms with Crippen LogP contribution in [0.4, 0.5) is 0 Å². The molecule has 0 fully saturated rings. The molecule has 0 amide bonds. The van der Waals surface area contributed by atoms with Crippen LogP contribution in [-0.4, -0.2) is 11.6 Å². The molecule has 72 valence electrons. The van der Waals surface area contributed by atoms with Crippen molar-refractivity contribution < 1.29 is 9.59 Å². The molecule has 4 heteroatoms. The van der Waals surface area contributed by atoms with Crippen molar-refractivity contribution in [2.24, 2.45) is 0 Å². The van der Waals surface area contributed by atoms with Crippen LogP contribution >= 0.6 is 22.7 Å². The Bertz CT molecular complexity index is 519. The van der Waals surface area contributed by atoms with E-state index in [0.29, 0.717) is 0 Å². The van der Waals surface area contributed by atoms with E-state index in [0.717, 1.165) is 19.8 Å². The Kier molecular flexibility index (Phi) is 2.25. The average molecular weight is 224 g/mol. The minimum Gasteiger partial charge on any atom is -0.294 e. The number of Topliss-reactive ketones (excluding diaryl/α,β-unsaturated/α-hetero) is 2. The molecule has 0 N–H and O–H groups in total. The van der Waals surface area contributed by atoms with Gasteiger partial charge in [-0.25, -0.2) is 0 Å². The molecule has 0 radical (unpaired) electrons. The summed E-state index contributed by atoms with van der Waals surface area (Å²) in [5, 5.41) is 2.78. The molecule has 0 aliphatic rings. The van der Waals surface area contributed by atoms with Crippen molar-refractivity contribution in [1.29, 1.82) is 0 Å². The van der Waals surface area contributed by atoms with E-state index >= 15 is 0 Å². The molecule has 0 saturated heterocycles. The zero-order chi connectivity index (χ0) is 10.3. The van der Waals surface area contributed by atoms with Crippen molar-refractivity contribution in [1.82, 2.24) is 0 Å². The Morgan fingerprint density at radius 3 is 2.50 bits per heavy atom. The van der Waals surface area contributed by atoms with E-state index in [1.54, 1.807) is 13.8 Å². The van der Waals surface area contributed by atoms with Crippen LogP contribution in [0.3, 0.4) is 0 Å². The van der Waals surface area contributed by atoms with Crippen LogP contribution in [0.25, 0.3) is 9.40 Å². The minimum absolute atomic E-state index is 0.0594. The molecular formula is C10H8O2S2. The van der Waals surface area contributed by atoms with E-state index in [1.807, 2.05) is 11.4 Å². The third-order valence-corrected chi connectivity index (χ3v) is 4.36. The SMILES string of the molecule is CC(=O)c1cc2c(C(C)=O)csc2s1. The summed E-state index contributed by atoms with van der Waals surface area (Å²) in [5.41, 5.74) is 0.730. The van der Waals surface area contributed by atoms with Crippen LogP contribution in [0.5, 0.6) is 0 Å². The normalized spacial score (nSPS) is 10.7. The molecular weight excluding hydrogens is 216 g/mol. The summed E-state index contributed by atoms with van der Waals surface area (Å²) in [4.78, 5) is 23.1. The van der Waals surface area contributed by atoms with Crippen molar-refractivity contribution in [3.63, 3.8) is 0 Å². The highest BCUT2D eigenvalue weighted by Gasteiger charge is 2.13. The molecule has 0 unspecified atom stereocenters. The van der Waals surface area contributed by atoms with Crippen LogP contribution in [0.1, 0.15) is 33.9 Å². The van der Waals surface area contributed by atoms with Gasteiger partial charge in [0.1, 0.15) is 0 Å². The van der Waals surface area contributed by atoms with Crippen molar-refractivity contribution in [3.05, 3.63) is 21.9 Å². The minimum atomic E-state index is 0.0594. The summed E-state index contributed by atoms with van der Waals surface area (Å²) in [6.07, 6.45) is 0. The number of carbonyl (C=O) groups excluding carboxylic acids is 2. The van der Waals surface area contributed by atoms with E-state index in [-0.39, 0.29) is 11.6 Å². The molecule has 2 nitrogen and oxygen atoms in total. The van der Waals surface area contributed by atoms with Gasteiger partial charge in [0.25, 0.3) is 0 Å². The molecule has 0 saturated carbocycles. The highest BCUT2D eigenvalue weighted by Crippen LogP contribution is 2.34. The molecule has 2 aromatic rings. The first-order valence-corrected chi connectivity index (χ1v) is 5.82. The quantitative estimate of drug-likeness (QED) is 0.733. The largest absolute Gasteiger partial charge is 0.294 e. The monoisotopic (exact) mass is 224 g/mol. The molecule has 2 rings (SSSR count). The Morgan fingerprint density at radius 1 is 1.21 bits per heavy atom. The van der Waals surface area contributed by atoms with Gasteiger partial charge in [0.05, 0.1) is 8.89 Å². The fourth-order valence-corrected chi connectivity index (χ4v) is 3.49. The maximum absolute atomic E-state index is 11.2. The second-order valence-corrected chi connectivity index (χ2v) is 5.26. The van der Waals surface area contributed by atoms with Crippen LogP contribution in [0.2, 0.25) is 0 Å². The summed E-state index contributed by atoms with van der Waals surface area (Å²) in [7, 11) is 0. The fraction of sp³-hybridized carbons (Fsp3) is 0.200. The number of rotatable bonds is 2. The molecule has 2 aromatic heterocycles. The highest BCUT2D eigenvalue weighted by atomic mass is 32.2. The lowest BCUT2D eigenvalue weighted by molar-refractivity contribution is 0.101. The van der Waals surface area contributed by atoms with Crippen LogP contribution in [-0.2, 0) is 0 Å². The van der Waals surface area contributed by atoms with E-state index in [9.17, 15) is 9.59 Å². The summed E-state index contributed by atoms with van der Waals surface area (Å²) in [5.74, 6) is 0.122. The van der Waals surface area contributed by atoms with Gasteiger partial charge in [-0.3, -0.25) is 9.59 Å². The molecule has 0 aliphatic carbocycles. The number of thiophene rings is 2. The van der Waals surface area contributed by atoms with Crippen molar-refractivity contribution in [2.45, 2.75) is 13.8 Å². The zero-order valence-corrected chi connectivity index (χ0v) is 9.42. The summed E-state index contributed by atoms with van der Waals surface area (Å²) in [6.45, 7) is 3.09. The van der Waals surface area contributed by atoms with Gasteiger partial charge in [-0.1, -0.05) is 0 Å². The standard InChI is InChI=1S/C10H8O2S2/c1-5(11)8-4-13-10-7(8)3-9(14-10)6(2)12/h3-4H,1-2H3. The predicted molar refractivity (Wildman–Crippen MR) is 59.7 cm³/mol. The third-order valence-electron chi connectivity index (χ3n) is 2.00. The molecule has 14 heavy (non-hydrogen) atoms. The second-order valence-electron chi connectivity index (χ2n) is 3.07. The first-order valence-electron chi connectivity index (χ1n) is 4.12. The number of fused-ring (bicyclic) bond motifs is 1. The number of ketones is 2. The predicted octanol–water partition coefficient (Wildman–Crippen LogP) is 3.37. The van der Waals surface area contributed by atoms with E-state index in [4.69, 9.17) is 0 Å². The third kappa shape index (κ3) is 1.40. The van der Waals surface area contributed by atoms with Gasteiger partial charge < -0.3 is 0 Å². The van der Waals surface area contributed by atoms with Crippen molar-refractivity contribution in [3.8, 4) is 0 Å². The molecule has 2 heterocycles. The first-order chi connectivity index (χ1) is 6.59. The van der Waals surface area contributed by atoms with Gasteiger partial charge in [-0.05, 0) is 19.9 Å². The maximum Gasteiger partial charge on any atom is 0.169 e. The molecule has 0 bridgehead atoms. The lowest BCUT2D eigenvalue weighted by atomic mass is 10.2. The van der Waals surface area contributed by atoms with Crippen molar-refractivity contribution in [2.75, 3.05) is 0 Å². The second kappa shape index (κ2) is 3.29. The smallest absolute Gasteiger partial charge is 0.169 e. The van der Waals surface area contributed by atoms with E-state index in [1.165, 1.54) is 22.7 Å². The Hall–Kier alpha value is -1.00. The molecule has 0 spiro atoms. The van der Waals surface area contributed by atoms with Gasteiger partial charge in [0.2, 0.25) is 0 Å². The number of hydrogen-bond acceptors (Lipinski definition) is 4. The lowest BCUT2D eigenvalue weighted by Gasteiger charge is -1.86. The van der Waals surface area contributed by atoms with Gasteiger partial charge in [0.15, 0.2) is 11.6 Å². The zero-order valence-electron chi connectivity index (χ0n) is 7.79. The van der Waals surface area contributed by atoms with E-state index < -0.39 is 0 Å². The Balaban J connectivity index is 2.67. The first kappa shape index (κ1) is 9.55. The van der Waals surface area contributed by atoms with Gasteiger partial charge in [0, 0.05) is 16.3 Å². The van der Waals surface area contributed by atoms with E-state index in [2.05, 4.69) is 0 Å². The number of hydrogen-bond donors (Lipinski definition) is 0. The highest BCUT2D eigenvalue weighted by molar-refractivity contribution is 7.38. The van der Waals surface area contributed by atoms with Crippen LogP contribution in [0, 0.1) is 0 Å². The topological polar surface area (TPSA) is 34.1 Å². The molecule has 0 aliphatic heterocycles. The Morgan fingerprint density at radius 2 is 1.93 bits per heavy atom. The van der Waals surface area contributed by atoms with Gasteiger partial charge >= 0.3 is 0 Å². The number of carbonyl (C=O) groups is 2.